The number of hydrogen-bond donors (Lipinski definition) is 0. The second-order valence-corrected chi connectivity index (χ2v) is 6.55. The van der Waals surface area contributed by atoms with Gasteiger partial charge in [-0.15, -0.1) is 0 Å². The molecule has 0 spiro atoms. The molecule has 0 N–H and O–H groups in total. The molecule has 0 aliphatic carbocycles. The molecule has 0 unspecified atom stereocenters. The van der Waals surface area contributed by atoms with Gasteiger partial charge in [0.2, 0.25) is 0 Å². The van der Waals surface area contributed by atoms with E-state index in [4.69, 9.17) is 0 Å². The van der Waals surface area contributed by atoms with E-state index in [0.29, 0.717) is 13.1 Å². The molecular weight excluding hydrogens is 236 g/mol. The van der Waals surface area contributed by atoms with Crippen molar-refractivity contribution in [1.29, 1.82) is 0 Å². The lowest BCUT2D eigenvalue weighted by Crippen LogP contribution is -2.28. The molecular formula is C12H18N2O2S. The lowest BCUT2D eigenvalue weighted by molar-refractivity contribution is 0.474. The molecule has 17 heavy (non-hydrogen) atoms. The lowest BCUT2D eigenvalue weighted by Gasteiger charge is -2.15. The number of rotatable bonds is 3. The SMILES string of the molecule is CC(C)c1cccc(S(=O)(=O)N2CCCC2)n1. The van der Waals surface area contributed by atoms with Crippen molar-refractivity contribution in [2.45, 2.75) is 37.6 Å². The normalized spacial score (nSPS) is 17.8. The summed E-state index contributed by atoms with van der Waals surface area (Å²) in [7, 11) is -3.37. The van der Waals surface area contributed by atoms with E-state index in [1.165, 1.54) is 4.31 Å². The van der Waals surface area contributed by atoms with E-state index >= 15 is 0 Å². The molecule has 0 amide bonds. The van der Waals surface area contributed by atoms with E-state index in [9.17, 15) is 8.42 Å². The maximum absolute atomic E-state index is 12.3. The number of sulfonamides is 1. The first-order chi connectivity index (χ1) is 8.01. The fourth-order valence-electron chi connectivity index (χ4n) is 1.96. The summed E-state index contributed by atoms with van der Waals surface area (Å²) in [5, 5.41) is 0.186. The average Bonchev–Trinajstić information content (AvgIpc) is 2.83. The summed E-state index contributed by atoms with van der Waals surface area (Å²) in [4.78, 5) is 4.26. The first-order valence-corrected chi connectivity index (χ1v) is 7.43. The Balaban J connectivity index is 2.35. The highest BCUT2D eigenvalue weighted by Crippen LogP contribution is 2.21. The van der Waals surface area contributed by atoms with Crippen molar-refractivity contribution < 1.29 is 8.42 Å². The highest BCUT2D eigenvalue weighted by Gasteiger charge is 2.28. The van der Waals surface area contributed by atoms with E-state index in [-0.39, 0.29) is 10.9 Å². The van der Waals surface area contributed by atoms with Gasteiger partial charge in [-0.1, -0.05) is 19.9 Å². The monoisotopic (exact) mass is 254 g/mol. The molecule has 2 heterocycles. The third-order valence-electron chi connectivity index (χ3n) is 3.01. The van der Waals surface area contributed by atoms with Crippen LogP contribution in [0.2, 0.25) is 0 Å². The third kappa shape index (κ3) is 2.50. The summed E-state index contributed by atoms with van der Waals surface area (Å²) >= 11 is 0. The van der Waals surface area contributed by atoms with E-state index in [1.54, 1.807) is 12.1 Å². The quantitative estimate of drug-likeness (QED) is 0.829. The first-order valence-electron chi connectivity index (χ1n) is 5.99. The average molecular weight is 254 g/mol. The molecule has 5 heteroatoms. The van der Waals surface area contributed by atoms with Crippen LogP contribution < -0.4 is 0 Å². The molecule has 0 atom stereocenters. The van der Waals surface area contributed by atoms with Gasteiger partial charge in [-0.25, -0.2) is 13.4 Å². The fourth-order valence-corrected chi connectivity index (χ4v) is 3.43. The van der Waals surface area contributed by atoms with Gasteiger partial charge in [0, 0.05) is 18.8 Å². The minimum Gasteiger partial charge on any atom is -0.240 e. The van der Waals surface area contributed by atoms with Gasteiger partial charge >= 0.3 is 0 Å². The van der Waals surface area contributed by atoms with Crippen molar-refractivity contribution in [2.24, 2.45) is 0 Å². The van der Waals surface area contributed by atoms with E-state index in [0.717, 1.165) is 18.5 Å². The zero-order valence-electron chi connectivity index (χ0n) is 10.3. The summed E-state index contributed by atoms with van der Waals surface area (Å²) in [5.41, 5.74) is 0.824. The summed E-state index contributed by atoms with van der Waals surface area (Å²) in [5.74, 6) is 0.240. The number of nitrogens with zero attached hydrogens (tertiary/aromatic N) is 2. The predicted molar refractivity (Wildman–Crippen MR) is 66.3 cm³/mol. The summed E-state index contributed by atoms with van der Waals surface area (Å²) < 4.78 is 26.1. The van der Waals surface area contributed by atoms with Gasteiger partial charge in [-0.2, -0.15) is 4.31 Å². The smallest absolute Gasteiger partial charge is 0.240 e. The van der Waals surface area contributed by atoms with Crippen LogP contribution in [0.4, 0.5) is 0 Å². The Morgan fingerprint density at radius 2 is 1.88 bits per heavy atom. The van der Waals surface area contributed by atoms with E-state index < -0.39 is 10.0 Å². The molecule has 1 aromatic rings. The summed E-state index contributed by atoms with van der Waals surface area (Å²) in [6.07, 6.45) is 1.90. The minimum atomic E-state index is -3.37. The molecule has 0 bridgehead atoms. The Morgan fingerprint density at radius 1 is 1.24 bits per heavy atom. The van der Waals surface area contributed by atoms with Gasteiger partial charge in [-0.05, 0) is 30.9 Å². The van der Waals surface area contributed by atoms with Crippen LogP contribution in [0.25, 0.3) is 0 Å². The van der Waals surface area contributed by atoms with Crippen molar-refractivity contribution in [3.8, 4) is 0 Å². The Bertz CT molecular complexity index is 491. The van der Waals surface area contributed by atoms with Crippen molar-refractivity contribution in [1.82, 2.24) is 9.29 Å². The van der Waals surface area contributed by atoms with Crippen LogP contribution in [0, 0.1) is 0 Å². The Labute approximate surface area is 103 Å². The van der Waals surface area contributed by atoms with Gasteiger partial charge in [-0.3, -0.25) is 0 Å². The Morgan fingerprint density at radius 3 is 2.47 bits per heavy atom. The van der Waals surface area contributed by atoms with Gasteiger partial charge in [0.05, 0.1) is 0 Å². The van der Waals surface area contributed by atoms with Crippen LogP contribution in [0.3, 0.4) is 0 Å². The molecule has 4 nitrogen and oxygen atoms in total. The number of aromatic nitrogens is 1. The maximum Gasteiger partial charge on any atom is 0.260 e. The second-order valence-electron chi connectivity index (χ2n) is 4.67. The van der Waals surface area contributed by atoms with Crippen molar-refractivity contribution >= 4 is 10.0 Å². The highest BCUT2D eigenvalue weighted by molar-refractivity contribution is 7.89. The molecule has 1 saturated heterocycles. The summed E-state index contributed by atoms with van der Waals surface area (Å²) in [6.45, 7) is 5.26. The molecule has 0 radical (unpaired) electrons. The van der Waals surface area contributed by atoms with Gasteiger partial charge in [0.15, 0.2) is 5.03 Å². The van der Waals surface area contributed by atoms with Crippen molar-refractivity contribution in [3.63, 3.8) is 0 Å². The summed E-state index contributed by atoms with van der Waals surface area (Å²) in [6, 6.07) is 5.22. The molecule has 1 aliphatic rings. The maximum atomic E-state index is 12.3. The van der Waals surface area contributed by atoms with Crippen molar-refractivity contribution in [3.05, 3.63) is 23.9 Å². The molecule has 0 aromatic carbocycles. The predicted octanol–water partition coefficient (Wildman–Crippen LogP) is 1.99. The first kappa shape index (κ1) is 12.5. The van der Waals surface area contributed by atoms with Crippen LogP contribution >= 0.6 is 0 Å². The highest BCUT2D eigenvalue weighted by atomic mass is 32.2. The largest absolute Gasteiger partial charge is 0.260 e. The molecule has 2 rings (SSSR count). The van der Waals surface area contributed by atoms with Crippen LogP contribution in [0.15, 0.2) is 23.2 Å². The molecule has 0 saturated carbocycles. The molecule has 1 aromatic heterocycles. The standard InChI is InChI=1S/C12H18N2O2S/c1-10(2)11-6-5-7-12(13-11)17(15,16)14-8-3-4-9-14/h5-7,10H,3-4,8-9H2,1-2H3. The molecule has 1 fully saturated rings. The van der Waals surface area contributed by atoms with E-state index in [1.807, 2.05) is 19.9 Å². The van der Waals surface area contributed by atoms with Gasteiger partial charge in [0.1, 0.15) is 0 Å². The number of hydrogen-bond acceptors (Lipinski definition) is 3. The van der Waals surface area contributed by atoms with E-state index in [2.05, 4.69) is 4.98 Å². The topological polar surface area (TPSA) is 50.3 Å². The second kappa shape index (κ2) is 4.74. The zero-order chi connectivity index (χ0) is 12.5. The van der Waals surface area contributed by atoms with Gasteiger partial charge in [0.25, 0.3) is 10.0 Å². The van der Waals surface area contributed by atoms with Crippen LogP contribution in [0.5, 0.6) is 0 Å². The zero-order valence-corrected chi connectivity index (χ0v) is 11.1. The minimum absolute atomic E-state index is 0.186. The Hall–Kier alpha value is -0.940. The Kier molecular flexibility index (Phi) is 3.49. The lowest BCUT2D eigenvalue weighted by atomic mass is 10.1. The van der Waals surface area contributed by atoms with Gasteiger partial charge < -0.3 is 0 Å². The molecule has 94 valence electrons. The van der Waals surface area contributed by atoms with Crippen molar-refractivity contribution in [2.75, 3.05) is 13.1 Å². The van der Waals surface area contributed by atoms with Crippen LogP contribution in [-0.4, -0.2) is 30.8 Å². The van der Waals surface area contributed by atoms with Crippen LogP contribution in [-0.2, 0) is 10.0 Å². The number of pyridine rings is 1. The van der Waals surface area contributed by atoms with Crippen LogP contribution in [0.1, 0.15) is 38.3 Å². The third-order valence-corrected chi connectivity index (χ3v) is 4.81. The molecule has 1 aliphatic heterocycles. The fraction of sp³-hybridized carbons (Fsp3) is 0.583.